The Kier molecular flexibility index (Phi) is 6.51. The fourth-order valence-corrected chi connectivity index (χ4v) is 2.21. The van der Waals surface area contributed by atoms with Gasteiger partial charge in [-0.15, -0.1) is 0 Å². The van der Waals surface area contributed by atoms with Crippen molar-refractivity contribution in [3.63, 3.8) is 0 Å². The summed E-state index contributed by atoms with van der Waals surface area (Å²) < 4.78 is 10.6. The molecule has 0 radical (unpaired) electrons. The molecule has 2 aromatic rings. The van der Waals surface area contributed by atoms with Gasteiger partial charge < -0.3 is 14.8 Å². The molecule has 1 amide bonds. The number of hydrogen-bond acceptors (Lipinski definition) is 4. The summed E-state index contributed by atoms with van der Waals surface area (Å²) in [7, 11) is 1.64. The number of carbonyl (C=O) groups is 2. The molecule has 0 heterocycles. The highest BCUT2D eigenvalue weighted by atomic mass is 16.5. The zero-order valence-corrected chi connectivity index (χ0v) is 13.9. The van der Waals surface area contributed by atoms with Crippen molar-refractivity contribution in [1.82, 2.24) is 5.32 Å². The number of nitrogens with one attached hydrogen (secondary N) is 1. The lowest BCUT2D eigenvalue weighted by atomic mass is 10.1. The van der Waals surface area contributed by atoms with Crippen LogP contribution in [0.4, 0.5) is 0 Å². The van der Waals surface area contributed by atoms with Crippen LogP contribution >= 0.6 is 0 Å². The molecule has 0 fully saturated rings. The summed E-state index contributed by atoms with van der Waals surface area (Å²) in [6.45, 7) is 2.35. The van der Waals surface area contributed by atoms with Crippen LogP contribution in [-0.4, -0.2) is 25.4 Å². The summed E-state index contributed by atoms with van der Waals surface area (Å²) in [5.41, 5.74) is 2.67. The maximum absolute atomic E-state index is 11.9. The second-order valence-corrected chi connectivity index (χ2v) is 5.35. The van der Waals surface area contributed by atoms with Gasteiger partial charge in [-0.1, -0.05) is 24.3 Å². The van der Waals surface area contributed by atoms with Crippen molar-refractivity contribution in [2.75, 3.05) is 13.7 Å². The normalized spacial score (nSPS) is 10.2. The molecule has 5 heteroatoms. The first-order chi connectivity index (χ1) is 11.6. The Balaban J connectivity index is 1.82. The zero-order chi connectivity index (χ0) is 17.4. The summed E-state index contributed by atoms with van der Waals surface area (Å²) in [4.78, 5) is 23.1. The Bertz CT molecular complexity index is 695. The molecule has 0 saturated carbocycles. The SMILES string of the molecule is COCc1ccccc1CNC(=O)COc1ccc(C(C)=O)cc1. The Hall–Kier alpha value is -2.66. The van der Waals surface area contributed by atoms with Crippen molar-refractivity contribution in [2.24, 2.45) is 0 Å². The van der Waals surface area contributed by atoms with Gasteiger partial charge in [0.2, 0.25) is 0 Å². The largest absolute Gasteiger partial charge is 0.484 e. The first-order valence-electron chi connectivity index (χ1n) is 7.66. The van der Waals surface area contributed by atoms with E-state index in [1.54, 1.807) is 31.4 Å². The van der Waals surface area contributed by atoms with Crippen LogP contribution in [0.3, 0.4) is 0 Å². The summed E-state index contributed by atoms with van der Waals surface area (Å²) >= 11 is 0. The predicted octanol–water partition coefficient (Wildman–Crippen LogP) is 2.73. The number of methoxy groups -OCH3 is 1. The van der Waals surface area contributed by atoms with E-state index in [2.05, 4.69) is 5.32 Å². The number of ketones is 1. The van der Waals surface area contributed by atoms with Crippen LogP contribution < -0.4 is 10.1 Å². The minimum absolute atomic E-state index is 0.00554. The Morgan fingerprint density at radius 2 is 1.67 bits per heavy atom. The van der Waals surface area contributed by atoms with Gasteiger partial charge in [-0.3, -0.25) is 9.59 Å². The minimum atomic E-state index is -0.210. The van der Waals surface area contributed by atoms with Crippen LogP contribution in [0.2, 0.25) is 0 Å². The van der Waals surface area contributed by atoms with E-state index < -0.39 is 0 Å². The Labute approximate surface area is 141 Å². The van der Waals surface area contributed by atoms with Gasteiger partial charge in [0.1, 0.15) is 5.75 Å². The van der Waals surface area contributed by atoms with E-state index in [0.29, 0.717) is 24.5 Å². The van der Waals surface area contributed by atoms with Gasteiger partial charge >= 0.3 is 0 Å². The molecule has 0 aliphatic heterocycles. The number of rotatable bonds is 8. The summed E-state index contributed by atoms with van der Waals surface area (Å²) in [5.74, 6) is 0.335. The molecule has 0 bridgehead atoms. The second-order valence-electron chi connectivity index (χ2n) is 5.35. The van der Waals surface area contributed by atoms with Crippen LogP contribution in [0.15, 0.2) is 48.5 Å². The monoisotopic (exact) mass is 327 g/mol. The minimum Gasteiger partial charge on any atom is -0.484 e. The number of ether oxygens (including phenoxy) is 2. The fraction of sp³-hybridized carbons (Fsp3) is 0.263. The van der Waals surface area contributed by atoms with Crippen molar-refractivity contribution >= 4 is 11.7 Å². The quantitative estimate of drug-likeness (QED) is 0.757. The lowest BCUT2D eigenvalue weighted by Crippen LogP contribution is -2.28. The Morgan fingerprint density at radius 1 is 1.00 bits per heavy atom. The molecule has 126 valence electrons. The summed E-state index contributed by atoms with van der Waals surface area (Å²) in [6, 6.07) is 14.5. The Morgan fingerprint density at radius 3 is 2.29 bits per heavy atom. The maximum atomic E-state index is 11.9. The first kappa shape index (κ1) is 17.7. The number of amides is 1. The van der Waals surface area contributed by atoms with Gasteiger partial charge in [0.15, 0.2) is 12.4 Å². The van der Waals surface area contributed by atoms with Crippen molar-refractivity contribution in [3.8, 4) is 5.75 Å². The lowest BCUT2D eigenvalue weighted by molar-refractivity contribution is -0.123. The van der Waals surface area contributed by atoms with E-state index in [4.69, 9.17) is 9.47 Å². The highest BCUT2D eigenvalue weighted by molar-refractivity contribution is 5.94. The third-order valence-corrected chi connectivity index (χ3v) is 3.53. The molecule has 0 spiro atoms. The number of Topliss-reactive ketones (excluding diaryl/α,β-unsaturated/α-hetero) is 1. The van der Waals surface area contributed by atoms with Gasteiger partial charge in [0, 0.05) is 19.2 Å². The van der Waals surface area contributed by atoms with E-state index in [-0.39, 0.29) is 18.3 Å². The molecule has 0 atom stereocenters. The average molecular weight is 327 g/mol. The van der Waals surface area contributed by atoms with Crippen molar-refractivity contribution in [1.29, 1.82) is 0 Å². The summed E-state index contributed by atoms with van der Waals surface area (Å²) in [5, 5.41) is 2.82. The molecule has 5 nitrogen and oxygen atoms in total. The molecule has 2 rings (SSSR count). The molecule has 1 N–H and O–H groups in total. The van der Waals surface area contributed by atoms with Gasteiger partial charge in [-0.2, -0.15) is 0 Å². The van der Waals surface area contributed by atoms with E-state index in [1.165, 1.54) is 6.92 Å². The molecule has 2 aromatic carbocycles. The van der Waals surface area contributed by atoms with Crippen molar-refractivity contribution in [3.05, 3.63) is 65.2 Å². The third kappa shape index (κ3) is 5.21. The van der Waals surface area contributed by atoms with E-state index >= 15 is 0 Å². The molecular weight excluding hydrogens is 306 g/mol. The molecule has 0 unspecified atom stereocenters. The second kappa shape index (κ2) is 8.84. The van der Waals surface area contributed by atoms with Gasteiger partial charge in [0.25, 0.3) is 5.91 Å². The molecule has 0 aromatic heterocycles. The highest BCUT2D eigenvalue weighted by Gasteiger charge is 2.06. The average Bonchev–Trinajstić information content (AvgIpc) is 2.60. The maximum Gasteiger partial charge on any atom is 0.258 e. The smallest absolute Gasteiger partial charge is 0.258 e. The lowest BCUT2D eigenvalue weighted by Gasteiger charge is -2.11. The third-order valence-electron chi connectivity index (χ3n) is 3.53. The zero-order valence-electron chi connectivity index (χ0n) is 13.9. The van der Waals surface area contributed by atoms with Gasteiger partial charge in [-0.25, -0.2) is 0 Å². The molecule has 0 aliphatic rings. The van der Waals surface area contributed by atoms with Crippen LogP contribution in [0.25, 0.3) is 0 Å². The van der Waals surface area contributed by atoms with Crippen LogP contribution in [-0.2, 0) is 22.7 Å². The predicted molar refractivity (Wildman–Crippen MR) is 90.9 cm³/mol. The topological polar surface area (TPSA) is 64.6 Å². The molecule has 0 aliphatic carbocycles. The van der Waals surface area contributed by atoms with Crippen LogP contribution in [0.5, 0.6) is 5.75 Å². The number of carbonyl (C=O) groups excluding carboxylic acids is 2. The van der Waals surface area contributed by atoms with E-state index in [1.807, 2.05) is 24.3 Å². The van der Waals surface area contributed by atoms with E-state index in [9.17, 15) is 9.59 Å². The summed E-state index contributed by atoms with van der Waals surface area (Å²) in [6.07, 6.45) is 0. The molecule has 0 saturated heterocycles. The van der Waals surface area contributed by atoms with Crippen LogP contribution in [0, 0.1) is 0 Å². The molecular formula is C19H21NO4. The van der Waals surface area contributed by atoms with E-state index in [0.717, 1.165) is 11.1 Å². The van der Waals surface area contributed by atoms with Gasteiger partial charge in [-0.05, 0) is 42.3 Å². The fourth-order valence-electron chi connectivity index (χ4n) is 2.21. The molecule has 24 heavy (non-hydrogen) atoms. The number of benzene rings is 2. The highest BCUT2D eigenvalue weighted by Crippen LogP contribution is 2.13. The first-order valence-corrected chi connectivity index (χ1v) is 7.66. The standard InChI is InChI=1S/C19H21NO4/c1-14(21)15-7-9-18(10-8-15)24-13-19(22)20-11-16-5-3-4-6-17(16)12-23-2/h3-10H,11-13H2,1-2H3,(H,20,22). The van der Waals surface area contributed by atoms with Crippen molar-refractivity contribution in [2.45, 2.75) is 20.1 Å². The van der Waals surface area contributed by atoms with Crippen LogP contribution in [0.1, 0.15) is 28.4 Å². The van der Waals surface area contributed by atoms with Gasteiger partial charge in [0.05, 0.1) is 6.61 Å². The van der Waals surface area contributed by atoms with Crippen molar-refractivity contribution < 1.29 is 19.1 Å². The number of hydrogen-bond donors (Lipinski definition) is 1.